The first kappa shape index (κ1) is 46.4. The number of aromatic nitrogens is 2. The highest BCUT2D eigenvalue weighted by Crippen LogP contribution is 2.33. The largest absolute Gasteiger partial charge is 0.492 e. The molecule has 2 amide bonds. The molecule has 0 aliphatic carbocycles. The molecule has 336 valence electrons. The normalized spacial score (nSPS) is 14.8. The number of nitrogen functional groups attached to an aromatic ring is 1. The number of nitroso groups, excluding NO2 is 1. The molecular formula is C47H60N8O8. The van der Waals surface area contributed by atoms with Gasteiger partial charge in [0.1, 0.15) is 36.2 Å². The number of nitrogens with zero attached hydrogens (tertiary/aromatic N) is 5. The van der Waals surface area contributed by atoms with Crippen LogP contribution in [0.4, 0.5) is 27.8 Å². The van der Waals surface area contributed by atoms with E-state index in [0.29, 0.717) is 36.2 Å². The van der Waals surface area contributed by atoms with Crippen LogP contribution >= 0.6 is 0 Å². The summed E-state index contributed by atoms with van der Waals surface area (Å²) in [6.07, 6.45) is 0. The molecule has 0 unspecified atom stereocenters. The molecule has 6 aromatic rings. The van der Waals surface area contributed by atoms with Gasteiger partial charge in [0.05, 0.1) is 32.1 Å². The van der Waals surface area contributed by atoms with Crippen LogP contribution in [0.15, 0.2) is 99.2 Å². The Kier molecular flexibility index (Phi) is 16.1. The lowest BCUT2D eigenvalue weighted by Crippen LogP contribution is -2.38. The van der Waals surface area contributed by atoms with Crippen LogP contribution in [0, 0.1) is 4.91 Å². The fourth-order valence-electron chi connectivity index (χ4n) is 6.77. The number of morpholine rings is 2. The lowest BCUT2D eigenvalue weighted by atomic mass is 9.93. The zero-order valence-electron chi connectivity index (χ0n) is 37.1. The molecule has 0 spiro atoms. The Balaban J connectivity index is 0.000000180. The summed E-state index contributed by atoms with van der Waals surface area (Å²) in [5.41, 5.74) is 7.18. The van der Waals surface area contributed by atoms with E-state index < -0.39 is 0 Å². The third kappa shape index (κ3) is 13.5. The smallest absolute Gasteiger partial charge is 0.324 e. The van der Waals surface area contributed by atoms with Crippen molar-refractivity contribution < 1.29 is 32.8 Å². The highest BCUT2D eigenvalue weighted by molar-refractivity contribution is 6.07. The van der Waals surface area contributed by atoms with Gasteiger partial charge in [0.15, 0.2) is 5.82 Å². The van der Waals surface area contributed by atoms with Gasteiger partial charge in [0, 0.05) is 89.5 Å². The molecule has 16 nitrogen and oxygen atoms in total. The zero-order chi connectivity index (χ0) is 44.8. The van der Waals surface area contributed by atoms with Gasteiger partial charge in [0.25, 0.3) is 0 Å². The van der Waals surface area contributed by atoms with Crippen LogP contribution in [-0.2, 0) is 20.3 Å². The number of carbonyl (C=O) groups is 1. The third-order valence-electron chi connectivity index (χ3n) is 10.4. The van der Waals surface area contributed by atoms with E-state index in [2.05, 4.69) is 42.0 Å². The topological polar surface area (TPSA) is 192 Å². The second kappa shape index (κ2) is 21.8. The van der Waals surface area contributed by atoms with Gasteiger partial charge in [-0.25, -0.2) is 4.79 Å². The number of nitrogens with one attached hydrogen (secondary N) is 2. The zero-order valence-corrected chi connectivity index (χ0v) is 37.1. The Morgan fingerprint density at radius 1 is 0.667 bits per heavy atom. The van der Waals surface area contributed by atoms with Crippen molar-refractivity contribution in [2.75, 3.05) is 95.3 Å². The van der Waals surface area contributed by atoms with E-state index in [0.717, 1.165) is 104 Å². The molecule has 0 radical (unpaired) electrons. The van der Waals surface area contributed by atoms with Gasteiger partial charge in [-0.2, -0.15) is 0 Å². The van der Waals surface area contributed by atoms with Gasteiger partial charge in [-0.15, -0.1) is 4.91 Å². The molecule has 8 rings (SSSR count). The second-order valence-corrected chi connectivity index (χ2v) is 17.3. The Morgan fingerprint density at radius 2 is 1.16 bits per heavy atom. The number of benzene rings is 4. The molecule has 2 saturated heterocycles. The van der Waals surface area contributed by atoms with Gasteiger partial charge >= 0.3 is 6.03 Å². The first-order chi connectivity index (χ1) is 30.3. The number of carbonyl (C=O) groups excluding carboxylic acids is 1. The monoisotopic (exact) mass is 864 g/mol. The van der Waals surface area contributed by atoms with E-state index >= 15 is 0 Å². The number of urea groups is 1. The molecule has 63 heavy (non-hydrogen) atoms. The van der Waals surface area contributed by atoms with E-state index in [1.54, 1.807) is 12.1 Å². The third-order valence-corrected chi connectivity index (χ3v) is 10.4. The predicted octanol–water partition coefficient (Wildman–Crippen LogP) is 8.98. The quantitative estimate of drug-likeness (QED) is 0.0827. The summed E-state index contributed by atoms with van der Waals surface area (Å²) in [6.45, 7) is 22.1. The van der Waals surface area contributed by atoms with Crippen LogP contribution in [0.1, 0.15) is 53.1 Å². The first-order valence-corrected chi connectivity index (χ1v) is 21.3. The molecule has 16 heteroatoms. The summed E-state index contributed by atoms with van der Waals surface area (Å²) in [7, 11) is 0. The molecule has 2 fully saturated rings. The van der Waals surface area contributed by atoms with Crippen molar-refractivity contribution in [3.05, 3.63) is 101 Å². The number of ether oxygens (including phenoxy) is 4. The van der Waals surface area contributed by atoms with Crippen LogP contribution in [0.25, 0.3) is 21.5 Å². The summed E-state index contributed by atoms with van der Waals surface area (Å²) < 4.78 is 33.0. The maximum Gasteiger partial charge on any atom is 0.324 e. The summed E-state index contributed by atoms with van der Waals surface area (Å²) in [4.78, 5) is 27.2. The van der Waals surface area contributed by atoms with Gasteiger partial charge in [0.2, 0.25) is 5.82 Å². The van der Waals surface area contributed by atoms with E-state index in [1.807, 2.05) is 108 Å². The molecule has 0 saturated carbocycles. The van der Waals surface area contributed by atoms with Gasteiger partial charge < -0.3 is 39.0 Å². The van der Waals surface area contributed by atoms with Crippen molar-refractivity contribution in [3.63, 3.8) is 0 Å². The van der Waals surface area contributed by atoms with Gasteiger partial charge in [-0.1, -0.05) is 100 Å². The average molecular weight is 865 g/mol. The van der Waals surface area contributed by atoms with E-state index in [-0.39, 0.29) is 22.7 Å². The lowest BCUT2D eigenvalue weighted by molar-refractivity contribution is 0.0322. The van der Waals surface area contributed by atoms with Crippen molar-refractivity contribution in [2.45, 2.75) is 52.4 Å². The number of nitrogens with two attached hydrogens (primary N) is 1. The number of hydrogen-bond donors (Lipinski definition) is 3. The molecule has 2 aliphatic heterocycles. The van der Waals surface area contributed by atoms with E-state index in [4.69, 9.17) is 33.7 Å². The fourth-order valence-corrected chi connectivity index (χ4v) is 6.77. The maximum absolute atomic E-state index is 12.6. The number of fused-ring (bicyclic) bond motifs is 2. The molecule has 4 aromatic carbocycles. The first-order valence-electron chi connectivity index (χ1n) is 21.3. The Morgan fingerprint density at radius 3 is 1.67 bits per heavy atom. The highest BCUT2D eigenvalue weighted by Gasteiger charge is 2.22. The van der Waals surface area contributed by atoms with Crippen LogP contribution < -0.4 is 25.8 Å². The second-order valence-electron chi connectivity index (χ2n) is 17.3. The summed E-state index contributed by atoms with van der Waals surface area (Å²) in [5.74, 6) is 3.56. The van der Waals surface area contributed by atoms with Crippen LogP contribution in [-0.4, -0.2) is 105 Å². The standard InChI is InChI=1S/C24H30N4O4.C16H20N2O2.C7H10N2O2/c1-24(2,3)21-16-22(27-32-21)26-23(29)25-19-8-9-20(18-7-5-4-6-17(18)19)31-15-12-28-10-13-30-14-11-28;17-15-5-6-16(14-4-2-1-3-13(14)15)20-12-9-18-7-10-19-11-8-18;1-7(2,3)5-4-6(8-10)9-11-5/h4-9,16H,10-15H2,1-3H3,(H2,25,26,27,29);1-6H,7-12,17H2;4H,1-3H3. The predicted molar refractivity (Wildman–Crippen MR) is 246 cm³/mol. The van der Waals surface area contributed by atoms with Crippen LogP contribution in [0.3, 0.4) is 0 Å². The molecule has 4 N–H and O–H groups in total. The number of amides is 2. The van der Waals surface area contributed by atoms with Gasteiger partial charge in [-0.3, -0.25) is 15.1 Å². The number of rotatable bonds is 11. The Hall–Kier alpha value is -6.07. The van der Waals surface area contributed by atoms with Crippen molar-refractivity contribution in [1.29, 1.82) is 0 Å². The lowest BCUT2D eigenvalue weighted by Gasteiger charge is -2.26. The molecule has 2 aromatic heterocycles. The van der Waals surface area contributed by atoms with Crippen molar-refractivity contribution in [3.8, 4) is 11.5 Å². The van der Waals surface area contributed by atoms with E-state index in [9.17, 15) is 9.70 Å². The number of hydrogen-bond acceptors (Lipinski definition) is 14. The molecule has 2 aliphatic rings. The van der Waals surface area contributed by atoms with Gasteiger partial charge in [-0.05, 0) is 29.4 Å². The van der Waals surface area contributed by atoms with Crippen molar-refractivity contribution in [1.82, 2.24) is 20.1 Å². The number of anilines is 3. The fraction of sp³-hybridized carbons (Fsp3) is 0.426. The Labute approximate surface area is 368 Å². The minimum atomic E-state index is -0.384. The summed E-state index contributed by atoms with van der Waals surface area (Å²) >= 11 is 0. The van der Waals surface area contributed by atoms with Crippen molar-refractivity contribution >= 4 is 50.6 Å². The minimum absolute atomic E-state index is 0.106. The molecular weight excluding hydrogens is 805 g/mol. The molecule has 0 bridgehead atoms. The van der Waals surface area contributed by atoms with Crippen LogP contribution in [0.5, 0.6) is 11.5 Å². The molecule has 0 atom stereocenters. The SMILES string of the molecule is CC(C)(C)c1cc(N=O)no1.CC(C)(C)c1cc(NC(=O)Nc2ccc(OCCN3CCOCC3)c3ccccc23)no1.Nc1ccc(OCCN2CCOCC2)c2ccccc12. The minimum Gasteiger partial charge on any atom is -0.492 e. The van der Waals surface area contributed by atoms with Crippen molar-refractivity contribution in [2.24, 2.45) is 5.18 Å². The summed E-state index contributed by atoms with van der Waals surface area (Å²) in [5, 5.41) is 19.7. The van der Waals surface area contributed by atoms with Crippen LogP contribution in [0.2, 0.25) is 0 Å². The van der Waals surface area contributed by atoms with E-state index in [1.165, 1.54) is 0 Å². The highest BCUT2D eigenvalue weighted by atomic mass is 16.5. The summed E-state index contributed by atoms with van der Waals surface area (Å²) in [6, 6.07) is 26.5. The Bertz CT molecular complexity index is 2390. The molecule has 4 heterocycles. The maximum atomic E-state index is 12.6. The average Bonchev–Trinajstić information content (AvgIpc) is 3.98.